The fraction of sp³-hybridized carbons (Fsp3) is 0.923. The second-order valence-corrected chi connectivity index (χ2v) is 5.34. The summed E-state index contributed by atoms with van der Waals surface area (Å²) in [6, 6.07) is 1.64. The van der Waals surface area contributed by atoms with Crippen molar-refractivity contribution in [1.82, 2.24) is 10.2 Å². The average Bonchev–Trinajstić information content (AvgIpc) is 2.68. The number of nitrogens with zero attached hydrogens (tertiary/aromatic N) is 1. The van der Waals surface area contributed by atoms with Gasteiger partial charge in [-0.05, 0) is 32.1 Å². The van der Waals surface area contributed by atoms with E-state index in [1.807, 2.05) is 18.9 Å². The molecule has 2 bridgehead atoms. The lowest BCUT2D eigenvalue weighted by Crippen LogP contribution is -2.51. The lowest BCUT2D eigenvalue weighted by atomic mass is 9.98. The molecule has 4 heteroatoms. The monoisotopic (exact) mass is 240 g/mol. The summed E-state index contributed by atoms with van der Waals surface area (Å²) in [4.78, 5) is 14.1. The number of nitrogens with one attached hydrogen (secondary N) is 1. The van der Waals surface area contributed by atoms with Gasteiger partial charge in [0.2, 0.25) is 0 Å². The van der Waals surface area contributed by atoms with Crippen molar-refractivity contribution in [3.63, 3.8) is 0 Å². The predicted octanol–water partition coefficient (Wildman–Crippen LogP) is 1.15. The zero-order valence-electron chi connectivity index (χ0n) is 11.1. The Morgan fingerprint density at radius 1 is 1.41 bits per heavy atom. The van der Waals surface area contributed by atoms with Crippen LogP contribution in [0.1, 0.15) is 39.0 Å². The van der Waals surface area contributed by atoms with E-state index in [1.165, 1.54) is 12.8 Å². The molecule has 0 aromatic heterocycles. The number of amides is 1. The Morgan fingerprint density at radius 3 is 2.47 bits per heavy atom. The Labute approximate surface area is 104 Å². The number of likely N-dealkylation sites (N-methyl/N-ethyl adjacent to an activating group) is 1. The number of carbonyl (C=O) groups excluding carboxylic acids is 1. The topological polar surface area (TPSA) is 41.6 Å². The Bertz CT molecular complexity index is 267. The Morgan fingerprint density at radius 2 is 2.00 bits per heavy atom. The standard InChI is InChI=1S/C13H24N2O2/c1-4-12(17-3)13(16)15(2)11-7-9-5-6-10(8-11)14-9/h9-12,14H,4-8H2,1-3H3. The van der Waals surface area contributed by atoms with Crippen LogP contribution in [0.2, 0.25) is 0 Å². The first kappa shape index (κ1) is 12.8. The smallest absolute Gasteiger partial charge is 0.251 e. The number of hydrogen-bond donors (Lipinski definition) is 1. The molecule has 2 heterocycles. The highest BCUT2D eigenvalue weighted by molar-refractivity contribution is 5.81. The van der Waals surface area contributed by atoms with Crippen molar-refractivity contribution in [3.8, 4) is 0 Å². The van der Waals surface area contributed by atoms with Crippen molar-refractivity contribution in [2.24, 2.45) is 0 Å². The first-order valence-corrected chi connectivity index (χ1v) is 6.71. The number of piperidine rings is 1. The zero-order valence-corrected chi connectivity index (χ0v) is 11.1. The van der Waals surface area contributed by atoms with Crippen LogP contribution >= 0.6 is 0 Å². The highest BCUT2D eigenvalue weighted by Crippen LogP contribution is 2.29. The summed E-state index contributed by atoms with van der Waals surface area (Å²) in [7, 11) is 3.55. The third kappa shape index (κ3) is 2.63. The van der Waals surface area contributed by atoms with Gasteiger partial charge in [0.05, 0.1) is 0 Å². The van der Waals surface area contributed by atoms with Gasteiger partial charge in [-0.1, -0.05) is 6.92 Å². The molecular formula is C13H24N2O2. The van der Waals surface area contributed by atoms with Crippen LogP contribution in [-0.4, -0.2) is 49.2 Å². The van der Waals surface area contributed by atoms with Crippen molar-refractivity contribution >= 4 is 5.91 Å². The van der Waals surface area contributed by atoms with Crippen molar-refractivity contribution in [2.75, 3.05) is 14.2 Å². The van der Waals surface area contributed by atoms with E-state index >= 15 is 0 Å². The SMILES string of the molecule is CCC(OC)C(=O)N(C)C1CC2CCC(C1)N2. The molecule has 0 saturated carbocycles. The van der Waals surface area contributed by atoms with E-state index in [-0.39, 0.29) is 12.0 Å². The molecule has 4 nitrogen and oxygen atoms in total. The molecule has 98 valence electrons. The second kappa shape index (κ2) is 5.36. The van der Waals surface area contributed by atoms with Gasteiger partial charge in [0.25, 0.3) is 5.91 Å². The third-order valence-electron chi connectivity index (χ3n) is 4.27. The van der Waals surface area contributed by atoms with E-state index in [0.717, 1.165) is 19.3 Å². The molecule has 0 spiro atoms. The van der Waals surface area contributed by atoms with Gasteiger partial charge in [0.1, 0.15) is 6.10 Å². The first-order chi connectivity index (χ1) is 8.15. The fourth-order valence-corrected chi connectivity index (χ4v) is 3.19. The van der Waals surface area contributed by atoms with Crippen LogP contribution in [0.25, 0.3) is 0 Å². The van der Waals surface area contributed by atoms with Gasteiger partial charge in [-0.3, -0.25) is 4.79 Å². The predicted molar refractivity (Wildman–Crippen MR) is 66.8 cm³/mol. The van der Waals surface area contributed by atoms with E-state index < -0.39 is 0 Å². The van der Waals surface area contributed by atoms with Crippen LogP contribution in [0, 0.1) is 0 Å². The van der Waals surface area contributed by atoms with Crippen molar-refractivity contribution in [2.45, 2.75) is 63.3 Å². The molecule has 0 aromatic rings. The Hall–Kier alpha value is -0.610. The summed E-state index contributed by atoms with van der Waals surface area (Å²) in [5, 5.41) is 3.60. The summed E-state index contributed by atoms with van der Waals surface area (Å²) in [6.07, 6.45) is 5.21. The van der Waals surface area contributed by atoms with Gasteiger partial charge in [-0.25, -0.2) is 0 Å². The van der Waals surface area contributed by atoms with Gasteiger partial charge in [0.15, 0.2) is 0 Å². The summed E-state index contributed by atoms with van der Waals surface area (Å²) < 4.78 is 5.24. The number of methoxy groups -OCH3 is 1. The maximum Gasteiger partial charge on any atom is 0.251 e. The van der Waals surface area contributed by atoms with Gasteiger partial charge in [-0.15, -0.1) is 0 Å². The van der Waals surface area contributed by atoms with Crippen LogP contribution in [0.5, 0.6) is 0 Å². The highest BCUT2D eigenvalue weighted by Gasteiger charge is 2.37. The van der Waals surface area contributed by atoms with Crippen molar-refractivity contribution in [3.05, 3.63) is 0 Å². The maximum atomic E-state index is 12.2. The van der Waals surface area contributed by atoms with Gasteiger partial charge in [0, 0.05) is 32.3 Å². The molecule has 3 atom stereocenters. The number of fused-ring (bicyclic) bond motifs is 2. The van der Waals surface area contributed by atoms with Crippen molar-refractivity contribution < 1.29 is 9.53 Å². The second-order valence-electron chi connectivity index (χ2n) is 5.34. The molecule has 0 aliphatic carbocycles. The van der Waals surface area contributed by atoms with Crippen LogP contribution in [-0.2, 0) is 9.53 Å². The minimum atomic E-state index is -0.271. The molecule has 1 amide bonds. The van der Waals surface area contributed by atoms with Crippen molar-refractivity contribution in [1.29, 1.82) is 0 Å². The minimum Gasteiger partial charge on any atom is -0.372 e. The maximum absolute atomic E-state index is 12.2. The molecule has 0 radical (unpaired) electrons. The van der Waals surface area contributed by atoms with Gasteiger partial charge < -0.3 is 15.0 Å². The van der Waals surface area contributed by atoms with Crippen LogP contribution in [0.3, 0.4) is 0 Å². The summed E-state index contributed by atoms with van der Waals surface area (Å²) >= 11 is 0. The molecule has 2 aliphatic heterocycles. The van der Waals surface area contributed by atoms with E-state index in [1.54, 1.807) is 7.11 Å². The van der Waals surface area contributed by atoms with Crippen LogP contribution in [0.15, 0.2) is 0 Å². The molecule has 1 N–H and O–H groups in total. The largest absolute Gasteiger partial charge is 0.372 e. The normalized spacial score (nSPS) is 33.5. The molecule has 17 heavy (non-hydrogen) atoms. The quantitative estimate of drug-likeness (QED) is 0.801. The molecule has 2 aliphatic rings. The van der Waals surface area contributed by atoms with Gasteiger partial charge >= 0.3 is 0 Å². The molecule has 3 unspecified atom stereocenters. The molecule has 0 aromatic carbocycles. The van der Waals surface area contributed by atoms with E-state index in [0.29, 0.717) is 18.1 Å². The zero-order chi connectivity index (χ0) is 12.4. The van der Waals surface area contributed by atoms with E-state index in [9.17, 15) is 4.79 Å². The van der Waals surface area contributed by atoms with E-state index in [2.05, 4.69) is 5.32 Å². The van der Waals surface area contributed by atoms with Crippen LogP contribution in [0.4, 0.5) is 0 Å². The lowest BCUT2D eigenvalue weighted by Gasteiger charge is -2.36. The average molecular weight is 240 g/mol. The number of ether oxygens (including phenoxy) is 1. The minimum absolute atomic E-state index is 0.140. The number of carbonyl (C=O) groups is 1. The molecule has 2 rings (SSSR count). The van der Waals surface area contributed by atoms with Crippen LogP contribution < -0.4 is 5.32 Å². The molecule has 2 saturated heterocycles. The Balaban J connectivity index is 1.95. The summed E-state index contributed by atoms with van der Waals surface area (Å²) in [5.41, 5.74) is 0. The highest BCUT2D eigenvalue weighted by atomic mass is 16.5. The fourth-order valence-electron chi connectivity index (χ4n) is 3.19. The molecule has 2 fully saturated rings. The third-order valence-corrected chi connectivity index (χ3v) is 4.27. The summed E-state index contributed by atoms with van der Waals surface area (Å²) in [5.74, 6) is 0.140. The lowest BCUT2D eigenvalue weighted by molar-refractivity contribution is -0.143. The van der Waals surface area contributed by atoms with E-state index in [4.69, 9.17) is 4.74 Å². The van der Waals surface area contributed by atoms with Gasteiger partial charge in [-0.2, -0.15) is 0 Å². The first-order valence-electron chi connectivity index (χ1n) is 6.71. The summed E-state index contributed by atoms with van der Waals surface area (Å²) in [6.45, 7) is 1.99. The number of hydrogen-bond acceptors (Lipinski definition) is 3. The molecular weight excluding hydrogens is 216 g/mol. The Kier molecular flexibility index (Phi) is 4.05. The number of rotatable bonds is 4.